The summed E-state index contributed by atoms with van der Waals surface area (Å²) in [5.41, 5.74) is 6.08. The highest BCUT2D eigenvalue weighted by atomic mass is 79.9. The molecular weight excluding hydrogens is 264 g/mol. The Balaban J connectivity index is 3.01. The van der Waals surface area contributed by atoms with E-state index in [0.29, 0.717) is 16.5 Å². The van der Waals surface area contributed by atoms with Crippen LogP contribution in [0.3, 0.4) is 0 Å². The van der Waals surface area contributed by atoms with Gasteiger partial charge in [0, 0.05) is 22.1 Å². The van der Waals surface area contributed by atoms with Gasteiger partial charge in [-0.05, 0) is 12.5 Å². The lowest BCUT2D eigenvalue weighted by molar-refractivity contribution is -0.385. The maximum absolute atomic E-state index is 10.7. The van der Waals surface area contributed by atoms with Gasteiger partial charge in [0.05, 0.1) is 11.5 Å². The zero-order valence-corrected chi connectivity index (χ0v) is 9.48. The van der Waals surface area contributed by atoms with Gasteiger partial charge >= 0.3 is 0 Å². The number of nitro benzene ring substituents is 1. The third kappa shape index (κ3) is 3.26. The highest BCUT2D eigenvalue weighted by molar-refractivity contribution is 9.10. The minimum Gasteiger partial charge on any atom is -0.395 e. The van der Waals surface area contributed by atoms with Crippen LogP contribution in [0, 0.1) is 10.1 Å². The lowest BCUT2D eigenvalue weighted by Crippen LogP contribution is -2.27. The number of hydrogen-bond donors (Lipinski definition) is 2. The van der Waals surface area contributed by atoms with Gasteiger partial charge in [0.2, 0.25) is 0 Å². The van der Waals surface area contributed by atoms with Crippen LogP contribution in [-0.2, 0) is 6.42 Å². The average molecular weight is 275 g/mol. The van der Waals surface area contributed by atoms with Crippen molar-refractivity contribution in [2.45, 2.75) is 12.5 Å². The number of nitrogens with zero attached hydrogens (tertiary/aromatic N) is 1. The summed E-state index contributed by atoms with van der Waals surface area (Å²) in [7, 11) is 0. The summed E-state index contributed by atoms with van der Waals surface area (Å²) in [5, 5.41) is 19.5. The molecule has 0 heterocycles. The van der Waals surface area contributed by atoms with Gasteiger partial charge < -0.3 is 10.8 Å². The average Bonchev–Trinajstić information content (AvgIpc) is 2.20. The van der Waals surface area contributed by atoms with Crippen molar-refractivity contribution in [3.05, 3.63) is 38.3 Å². The quantitative estimate of drug-likeness (QED) is 0.638. The fourth-order valence-corrected chi connectivity index (χ4v) is 1.58. The Morgan fingerprint density at radius 3 is 2.80 bits per heavy atom. The molecule has 0 radical (unpaired) electrons. The third-order valence-corrected chi connectivity index (χ3v) is 2.45. The normalized spacial score (nSPS) is 12.5. The van der Waals surface area contributed by atoms with Crippen molar-refractivity contribution in [2.75, 3.05) is 6.61 Å². The summed E-state index contributed by atoms with van der Waals surface area (Å²) in [5.74, 6) is 0. The van der Waals surface area contributed by atoms with Gasteiger partial charge in [-0.15, -0.1) is 0 Å². The predicted molar refractivity (Wildman–Crippen MR) is 59.6 cm³/mol. The summed E-state index contributed by atoms with van der Waals surface area (Å²) in [6, 6.07) is 4.31. The van der Waals surface area contributed by atoms with Crippen LogP contribution < -0.4 is 5.73 Å². The van der Waals surface area contributed by atoms with Crippen molar-refractivity contribution >= 4 is 21.6 Å². The third-order valence-electron chi connectivity index (χ3n) is 1.96. The number of nitrogens with two attached hydrogens (primary N) is 1. The lowest BCUT2D eigenvalue weighted by atomic mass is 10.1. The molecule has 0 saturated carbocycles. The molecule has 0 aliphatic carbocycles. The summed E-state index contributed by atoms with van der Waals surface area (Å²) in [6.45, 7) is -0.187. The van der Waals surface area contributed by atoms with Crippen LogP contribution in [0.2, 0.25) is 0 Å². The summed E-state index contributed by atoms with van der Waals surface area (Å²) in [4.78, 5) is 10.3. The van der Waals surface area contributed by atoms with Crippen LogP contribution in [0.5, 0.6) is 0 Å². The van der Waals surface area contributed by atoms with E-state index in [0.717, 1.165) is 0 Å². The highest BCUT2D eigenvalue weighted by Crippen LogP contribution is 2.24. The first-order valence-electron chi connectivity index (χ1n) is 4.34. The van der Waals surface area contributed by atoms with Gasteiger partial charge in [0.15, 0.2) is 0 Å². The zero-order valence-electron chi connectivity index (χ0n) is 7.89. The molecule has 82 valence electrons. The topological polar surface area (TPSA) is 89.4 Å². The maximum Gasteiger partial charge on any atom is 0.273 e. The van der Waals surface area contributed by atoms with Gasteiger partial charge in [-0.25, -0.2) is 0 Å². The Hall–Kier alpha value is -0.980. The van der Waals surface area contributed by atoms with E-state index in [2.05, 4.69) is 15.9 Å². The number of rotatable bonds is 4. The minimum absolute atomic E-state index is 0.0216. The highest BCUT2D eigenvalue weighted by Gasteiger charge is 2.15. The number of aliphatic hydroxyl groups is 1. The molecule has 0 spiro atoms. The first-order chi connectivity index (χ1) is 7.04. The molecule has 0 fully saturated rings. The summed E-state index contributed by atoms with van der Waals surface area (Å²) >= 11 is 3.16. The summed E-state index contributed by atoms with van der Waals surface area (Å²) in [6.07, 6.45) is 0.292. The van der Waals surface area contributed by atoms with Crippen molar-refractivity contribution in [3.63, 3.8) is 0 Å². The Kier molecular flexibility index (Phi) is 4.19. The smallest absolute Gasteiger partial charge is 0.273 e. The van der Waals surface area contributed by atoms with E-state index in [4.69, 9.17) is 10.8 Å². The number of aliphatic hydroxyl groups excluding tert-OH is 1. The van der Waals surface area contributed by atoms with Crippen molar-refractivity contribution in [1.82, 2.24) is 0 Å². The second-order valence-electron chi connectivity index (χ2n) is 3.18. The van der Waals surface area contributed by atoms with Gasteiger partial charge in [-0.2, -0.15) is 0 Å². The van der Waals surface area contributed by atoms with E-state index in [1.165, 1.54) is 6.07 Å². The molecule has 1 rings (SSSR count). The van der Waals surface area contributed by atoms with Crippen LogP contribution in [0.15, 0.2) is 22.7 Å². The van der Waals surface area contributed by atoms with Crippen molar-refractivity contribution in [1.29, 1.82) is 0 Å². The van der Waals surface area contributed by atoms with E-state index < -0.39 is 11.0 Å². The van der Waals surface area contributed by atoms with Crippen molar-refractivity contribution in [3.8, 4) is 0 Å². The molecule has 1 aromatic carbocycles. The van der Waals surface area contributed by atoms with Gasteiger partial charge in [-0.3, -0.25) is 10.1 Å². The molecule has 0 saturated heterocycles. The molecule has 1 atom stereocenters. The number of benzene rings is 1. The van der Waals surface area contributed by atoms with Crippen molar-refractivity contribution < 1.29 is 10.0 Å². The monoisotopic (exact) mass is 274 g/mol. The molecule has 1 aromatic rings. The fourth-order valence-electron chi connectivity index (χ4n) is 1.23. The van der Waals surface area contributed by atoms with Crippen LogP contribution in [0.1, 0.15) is 5.56 Å². The Bertz CT molecular complexity index is 370. The standard InChI is InChI=1S/C9H11BrN2O3/c10-7-2-1-6(3-8(11)5-13)9(4-7)12(14)15/h1-2,4,8,13H,3,5,11H2. The van der Waals surface area contributed by atoms with Crippen LogP contribution in [-0.4, -0.2) is 22.7 Å². The van der Waals surface area contributed by atoms with Crippen LogP contribution in [0.25, 0.3) is 0 Å². The molecule has 0 aliphatic rings. The van der Waals surface area contributed by atoms with Gasteiger partial charge in [-0.1, -0.05) is 22.0 Å². The Labute approximate surface area is 95.2 Å². The van der Waals surface area contributed by atoms with Crippen molar-refractivity contribution in [2.24, 2.45) is 5.73 Å². The molecule has 5 nitrogen and oxygen atoms in total. The van der Waals surface area contributed by atoms with Crippen LogP contribution in [0.4, 0.5) is 5.69 Å². The van der Waals surface area contributed by atoms with Gasteiger partial charge in [0.1, 0.15) is 0 Å². The molecule has 15 heavy (non-hydrogen) atoms. The number of nitro groups is 1. The second kappa shape index (κ2) is 5.20. The van der Waals surface area contributed by atoms with E-state index in [-0.39, 0.29) is 12.3 Å². The fraction of sp³-hybridized carbons (Fsp3) is 0.333. The van der Waals surface area contributed by atoms with E-state index >= 15 is 0 Å². The lowest BCUT2D eigenvalue weighted by Gasteiger charge is -2.08. The number of hydrogen-bond acceptors (Lipinski definition) is 4. The first-order valence-corrected chi connectivity index (χ1v) is 5.13. The molecule has 6 heteroatoms. The van der Waals surface area contributed by atoms with E-state index in [1.807, 2.05) is 0 Å². The molecule has 0 bridgehead atoms. The van der Waals surface area contributed by atoms with Gasteiger partial charge in [0.25, 0.3) is 5.69 Å². The predicted octanol–water partition coefficient (Wildman–Crippen LogP) is 1.22. The van der Waals surface area contributed by atoms with Crippen LogP contribution >= 0.6 is 15.9 Å². The SMILES string of the molecule is NC(CO)Cc1ccc(Br)cc1[N+](=O)[O-]. The summed E-state index contributed by atoms with van der Waals surface area (Å²) < 4.78 is 0.649. The molecule has 1 unspecified atom stereocenters. The first kappa shape index (κ1) is 12.1. The largest absolute Gasteiger partial charge is 0.395 e. The molecule has 0 aromatic heterocycles. The maximum atomic E-state index is 10.7. The number of halogens is 1. The Morgan fingerprint density at radius 1 is 1.60 bits per heavy atom. The molecule has 0 aliphatic heterocycles. The molecule has 3 N–H and O–H groups in total. The minimum atomic E-state index is -0.468. The Morgan fingerprint density at radius 2 is 2.27 bits per heavy atom. The second-order valence-corrected chi connectivity index (χ2v) is 4.09. The van der Waals surface area contributed by atoms with E-state index in [1.54, 1.807) is 12.1 Å². The van der Waals surface area contributed by atoms with E-state index in [9.17, 15) is 10.1 Å². The molecule has 0 amide bonds. The molecular formula is C9H11BrN2O3. The zero-order chi connectivity index (χ0) is 11.4.